The van der Waals surface area contributed by atoms with Crippen molar-refractivity contribution in [2.45, 2.75) is 31.7 Å². The number of carbonyl (C=O) groups excluding carboxylic acids is 1. The summed E-state index contributed by atoms with van der Waals surface area (Å²) in [6.45, 7) is 5.28. The van der Waals surface area contributed by atoms with Crippen LogP contribution < -0.4 is 5.32 Å². The van der Waals surface area contributed by atoms with Gasteiger partial charge in [0.1, 0.15) is 0 Å². The number of hydrogen-bond acceptors (Lipinski definition) is 4. The van der Waals surface area contributed by atoms with Gasteiger partial charge in [-0.05, 0) is 26.8 Å². The molecule has 16 heavy (non-hydrogen) atoms. The van der Waals surface area contributed by atoms with E-state index in [-0.39, 0.29) is 16.8 Å². The highest BCUT2D eigenvalue weighted by molar-refractivity contribution is 8.13. The number of rotatable bonds is 3. The Morgan fingerprint density at radius 2 is 2.06 bits per heavy atom. The molecule has 0 atom stereocenters. The monoisotopic (exact) mass is 281 g/mol. The zero-order chi connectivity index (χ0) is 12.5. The molecule has 0 saturated heterocycles. The van der Waals surface area contributed by atoms with Crippen LogP contribution in [-0.2, 0) is 9.05 Å². The smallest absolute Gasteiger partial charge is 0.262 e. The summed E-state index contributed by atoms with van der Waals surface area (Å²) >= 11 is 1.12. The minimum Gasteiger partial charge on any atom is -0.349 e. The van der Waals surface area contributed by atoms with E-state index in [0.717, 1.165) is 11.3 Å². The number of nitrogens with one attached hydrogen (secondary N) is 1. The molecule has 0 aliphatic rings. The molecule has 0 aliphatic heterocycles. The standard InChI is InChI=1S/C9H12ClNO3S2/c1-5(2)11-9(12)7-4-8(6(3)15-7)16(10,13)14/h4-5H,1-3H3,(H,11,12). The molecule has 0 saturated carbocycles. The van der Waals surface area contributed by atoms with Crippen LogP contribution in [0.4, 0.5) is 0 Å². The SMILES string of the molecule is Cc1sc(C(=O)NC(C)C)cc1S(=O)(=O)Cl. The third-order valence-electron chi connectivity index (χ3n) is 1.78. The van der Waals surface area contributed by atoms with Gasteiger partial charge in [-0.1, -0.05) is 0 Å². The van der Waals surface area contributed by atoms with Gasteiger partial charge in [0, 0.05) is 21.6 Å². The van der Waals surface area contributed by atoms with Gasteiger partial charge in [0.25, 0.3) is 15.0 Å². The number of thiophene rings is 1. The van der Waals surface area contributed by atoms with E-state index in [1.54, 1.807) is 6.92 Å². The Kier molecular flexibility index (Phi) is 3.98. The fourth-order valence-electron chi connectivity index (χ4n) is 1.15. The molecule has 0 unspecified atom stereocenters. The second kappa shape index (κ2) is 4.73. The molecule has 1 N–H and O–H groups in total. The van der Waals surface area contributed by atoms with Crippen molar-refractivity contribution in [1.82, 2.24) is 5.32 Å². The molecule has 1 aromatic rings. The largest absolute Gasteiger partial charge is 0.349 e. The predicted molar refractivity (Wildman–Crippen MR) is 64.7 cm³/mol. The van der Waals surface area contributed by atoms with E-state index in [2.05, 4.69) is 5.32 Å². The number of aryl methyl sites for hydroxylation is 1. The summed E-state index contributed by atoms with van der Waals surface area (Å²) in [5.74, 6) is -0.283. The quantitative estimate of drug-likeness (QED) is 0.863. The van der Waals surface area contributed by atoms with Crippen LogP contribution >= 0.6 is 22.0 Å². The van der Waals surface area contributed by atoms with E-state index in [1.165, 1.54) is 6.07 Å². The summed E-state index contributed by atoms with van der Waals surface area (Å²) in [6, 6.07) is 1.31. The molecule has 1 amide bonds. The van der Waals surface area contributed by atoms with Crippen molar-refractivity contribution in [2.24, 2.45) is 0 Å². The van der Waals surface area contributed by atoms with Crippen LogP contribution in [-0.4, -0.2) is 20.4 Å². The molecular formula is C9H12ClNO3S2. The summed E-state index contributed by atoms with van der Waals surface area (Å²) < 4.78 is 22.3. The van der Waals surface area contributed by atoms with Gasteiger partial charge in [-0.15, -0.1) is 11.3 Å². The summed E-state index contributed by atoms with van der Waals surface area (Å²) in [6.07, 6.45) is 0. The van der Waals surface area contributed by atoms with Gasteiger partial charge in [-0.2, -0.15) is 0 Å². The summed E-state index contributed by atoms with van der Waals surface area (Å²) in [5.41, 5.74) is 0. The fraction of sp³-hybridized carbons (Fsp3) is 0.444. The van der Waals surface area contributed by atoms with Gasteiger partial charge in [0.05, 0.1) is 9.77 Å². The van der Waals surface area contributed by atoms with Crippen LogP contribution in [0.5, 0.6) is 0 Å². The zero-order valence-corrected chi connectivity index (χ0v) is 11.5. The van der Waals surface area contributed by atoms with Gasteiger partial charge < -0.3 is 5.32 Å². The molecule has 1 rings (SSSR count). The maximum Gasteiger partial charge on any atom is 0.262 e. The summed E-state index contributed by atoms with van der Waals surface area (Å²) in [5, 5.41) is 2.68. The van der Waals surface area contributed by atoms with E-state index >= 15 is 0 Å². The zero-order valence-electron chi connectivity index (χ0n) is 9.07. The number of carbonyl (C=O) groups is 1. The molecule has 1 aromatic heterocycles. The normalized spacial score (nSPS) is 11.8. The first-order valence-electron chi connectivity index (χ1n) is 4.57. The van der Waals surface area contributed by atoms with Gasteiger partial charge in [0.15, 0.2) is 0 Å². The summed E-state index contributed by atoms with van der Waals surface area (Å²) in [4.78, 5) is 12.5. The summed E-state index contributed by atoms with van der Waals surface area (Å²) in [7, 11) is 1.46. The lowest BCUT2D eigenvalue weighted by Gasteiger charge is -2.05. The Hall–Kier alpha value is -0.590. The average molecular weight is 282 g/mol. The Morgan fingerprint density at radius 3 is 2.44 bits per heavy atom. The number of halogens is 1. The Balaban J connectivity index is 3.07. The van der Waals surface area contributed by atoms with Crippen LogP contribution in [0.1, 0.15) is 28.4 Å². The van der Waals surface area contributed by atoms with Crippen molar-refractivity contribution in [2.75, 3.05) is 0 Å². The van der Waals surface area contributed by atoms with Crippen LogP contribution in [0.2, 0.25) is 0 Å². The first-order valence-corrected chi connectivity index (χ1v) is 7.70. The predicted octanol–water partition coefficient (Wildman–Crippen LogP) is 2.12. The van der Waals surface area contributed by atoms with Crippen molar-refractivity contribution in [3.05, 3.63) is 15.8 Å². The van der Waals surface area contributed by atoms with E-state index in [0.29, 0.717) is 9.75 Å². The molecule has 0 radical (unpaired) electrons. The molecule has 0 aromatic carbocycles. The maximum atomic E-state index is 11.6. The van der Waals surface area contributed by atoms with E-state index < -0.39 is 9.05 Å². The average Bonchev–Trinajstić information content (AvgIpc) is 2.44. The van der Waals surface area contributed by atoms with Gasteiger partial charge >= 0.3 is 0 Å². The molecule has 1 heterocycles. The van der Waals surface area contributed by atoms with Crippen molar-refractivity contribution >= 4 is 37.0 Å². The number of hydrogen-bond donors (Lipinski definition) is 1. The van der Waals surface area contributed by atoms with Crippen LogP contribution in [0.15, 0.2) is 11.0 Å². The molecule has 0 aliphatic carbocycles. The second-order valence-electron chi connectivity index (χ2n) is 3.60. The van der Waals surface area contributed by atoms with Crippen molar-refractivity contribution < 1.29 is 13.2 Å². The van der Waals surface area contributed by atoms with E-state index in [9.17, 15) is 13.2 Å². The van der Waals surface area contributed by atoms with E-state index in [1.807, 2.05) is 13.8 Å². The van der Waals surface area contributed by atoms with Crippen LogP contribution in [0.25, 0.3) is 0 Å². The second-order valence-corrected chi connectivity index (χ2v) is 7.39. The molecular weight excluding hydrogens is 270 g/mol. The highest BCUT2D eigenvalue weighted by atomic mass is 35.7. The molecule has 90 valence electrons. The third kappa shape index (κ3) is 3.20. The maximum absolute atomic E-state index is 11.6. The van der Waals surface area contributed by atoms with Crippen LogP contribution in [0.3, 0.4) is 0 Å². The topological polar surface area (TPSA) is 63.2 Å². The lowest BCUT2D eigenvalue weighted by atomic mass is 10.3. The highest BCUT2D eigenvalue weighted by Gasteiger charge is 2.20. The lowest BCUT2D eigenvalue weighted by molar-refractivity contribution is 0.0947. The first kappa shape index (κ1) is 13.5. The highest BCUT2D eigenvalue weighted by Crippen LogP contribution is 2.28. The number of amides is 1. The van der Waals surface area contributed by atoms with Gasteiger partial charge in [0.2, 0.25) is 0 Å². The first-order chi connectivity index (χ1) is 7.21. The van der Waals surface area contributed by atoms with Crippen molar-refractivity contribution in [1.29, 1.82) is 0 Å². The molecule has 0 fully saturated rings. The van der Waals surface area contributed by atoms with Crippen LogP contribution in [0, 0.1) is 6.92 Å². The Bertz CT molecular complexity index is 505. The minimum atomic E-state index is -3.77. The Morgan fingerprint density at radius 1 is 1.50 bits per heavy atom. The molecule has 4 nitrogen and oxygen atoms in total. The van der Waals surface area contributed by atoms with Crippen molar-refractivity contribution in [3.8, 4) is 0 Å². The van der Waals surface area contributed by atoms with Crippen molar-refractivity contribution in [3.63, 3.8) is 0 Å². The molecule has 7 heteroatoms. The minimum absolute atomic E-state index is 0.00552. The van der Waals surface area contributed by atoms with E-state index in [4.69, 9.17) is 10.7 Å². The lowest BCUT2D eigenvalue weighted by Crippen LogP contribution is -2.29. The Labute approximate surface area is 103 Å². The molecule has 0 bridgehead atoms. The third-order valence-corrected chi connectivity index (χ3v) is 4.41. The molecule has 0 spiro atoms. The fourth-order valence-corrected chi connectivity index (χ4v) is 3.72. The van der Waals surface area contributed by atoms with Gasteiger partial charge in [-0.25, -0.2) is 8.42 Å². The van der Waals surface area contributed by atoms with Gasteiger partial charge in [-0.3, -0.25) is 4.79 Å².